The van der Waals surface area contributed by atoms with Crippen LogP contribution in [-0.2, 0) is 27.5 Å². The number of aliphatic carboxylic acids is 1. The summed E-state index contributed by atoms with van der Waals surface area (Å²) in [6.07, 6.45) is 8.32. The highest BCUT2D eigenvalue weighted by Crippen LogP contribution is 2.30. The zero-order valence-electron chi connectivity index (χ0n) is 20.4. The number of fused-ring (bicyclic) bond motifs is 2. The van der Waals surface area contributed by atoms with E-state index >= 15 is 0 Å². The van der Waals surface area contributed by atoms with Crippen molar-refractivity contribution in [1.82, 2.24) is 14.5 Å². The third-order valence-electron chi connectivity index (χ3n) is 6.52. The highest BCUT2D eigenvalue weighted by atomic mass is 32.2. The van der Waals surface area contributed by atoms with E-state index in [0.29, 0.717) is 24.3 Å². The second-order valence-corrected chi connectivity index (χ2v) is 11.2. The molecule has 1 aliphatic rings. The molecule has 9 nitrogen and oxygen atoms in total. The molecule has 5 rings (SSSR count). The van der Waals surface area contributed by atoms with E-state index in [4.69, 9.17) is 9.72 Å². The number of pyridine rings is 2. The van der Waals surface area contributed by atoms with E-state index in [2.05, 4.69) is 22.4 Å². The summed E-state index contributed by atoms with van der Waals surface area (Å²) < 4.78 is 31.9. The molecule has 4 aromatic rings. The number of anilines is 1. The molecule has 1 unspecified atom stereocenters. The molecule has 1 atom stereocenters. The van der Waals surface area contributed by atoms with Crippen LogP contribution in [0.5, 0.6) is 5.75 Å². The second kappa shape index (κ2) is 10.2. The standard InChI is InChI=1S/C27H28N4O5S/c1-37(34,35)23-14-20(16-28-17-23)25(15-26(32)33)31-11-8-19-13-22(6-7-24(19)31)36-12-9-21-5-4-18-3-2-10-29-27(18)30-21/h4-8,11,13-14,16-17,25H,2-3,9-10,12,15H2,1H3,(H,29,30)(H,32,33). The molecule has 0 aliphatic carbocycles. The van der Waals surface area contributed by atoms with Gasteiger partial charge >= 0.3 is 5.97 Å². The minimum Gasteiger partial charge on any atom is -0.493 e. The summed E-state index contributed by atoms with van der Waals surface area (Å²) in [6.45, 7) is 1.43. The quantitative estimate of drug-likeness (QED) is 0.341. The molecule has 0 saturated carbocycles. The van der Waals surface area contributed by atoms with Gasteiger partial charge in [-0.3, -0.25) is 9.78 Å². The van der Waals surface area contributed by atoms with Gasteiger partial charge in [0.05, 0.1) is 24.0 Å². The number of carboxylic acid groups (broad SMARTS) is 1. The number of hydrogen-bond donors (Lipinski definition) is 2. The summed E-state index contributed by atoms with van der Waals surface area (Å²) in [5, 5.41) is 13.8. The number of sulfone groups is 1. The molecule has 0 spiro atoms. The fraction of sp³-hybridized carbons (Fsp3) is 0.296. The maximum atomic E-state index is 12.0. The van der Waals surface area contributed by atoms with Crippen LogP contribution in [0.2, 0.25) is 0 Å². The molecular formula is C27H28N4O5S. The van der Waals surface area contributed by atoms with Crippen LogP contribution in [0.15, 0.2) is 66.0 Å². The number of aryl methyl sites for hydroxylation is 1. The molecule has 4 heterocycles. The first-order chi connectivity index (χ1) is 17.8. The average Bonchev–Trinajstić information content (AvgIpc) is 3.30. The van der Waals surface area contributed by atoms with Crippen LogP contribution >= 0.6 is 0 Å². The van der Waals surface area contributed by atoms with Crippen molar-refractivity contribution in [2.75, 3.05) is 24.7 Å². The predicted octanol–water partition coefficient (Wildman–Crippen LogP) is 3.88. The molecule has 0 amide bonds. The lowest BCUT2D eigenvalue weighted by molar-refractivity contribution is -0.137. The number of ether oxygens (including phenoxy) is 1. The van der Waals surface area contributed by atoms with Crippen molar-refractivity contribution in [1.29, 1.82) is 0 Å². The van der Waals surface area contributed by atoms with E-state index in [1.165, 1.54) is 24.0 Å². The molecular weight excluding hydrogens is 492 g/mol. The maximum absolute atomic E-state index is 12.0. The summed E-state index contributed by atoms with van der Waals surface area (Å²) in [7, 11) is -3.48. The van der Waals surface area contributed by atoms with Crippen molar-refractivity contribution in [2.24, 2.45) is 0 Å². The molecule has 0 saturated heterocycles. The van der Waals surface area contributed by atoms with Crippen molar-refractivity contribution in [3.8, 4) is 5.75 Å². The van der Waals surface area contributed by atoms with Crippen molar-refractivity contribution < 1.29 is 23.1 Å². The fourth-order valence-electron chi connectivity index (χ4n) is 4.65. The van der Waals surface area contributed by atoms with Crippen LogP contribution in [0.1, 0.15) is 35.7 Å². The Bertz CT molecular complexity index is 1560. The van der Waals surface area contributed by atoms with E-state index in [-0.39, 0.29) is 11.3 Å². The number of rotatable bonds is 9. The third-order valence-corrected chi connectivity index (χ3v) is 7.60. The van der Waals surface area contributed by atoms with E-state index in [1.54, 1.807) is 6.20 Å². The summed E-state index contributed by atoms with van der Waals surface area (Å²) in [4.78, 5) is 20.5. The zero-order valence-corrected chi connectivity index (χ0v) is 21.2. The van der Waals surface area contributed by atoms with Crippen molar-refractivity contribution in [3.63, 3.8) is 0 Å². The Kier molecular flexibility index (Phi) is 6.84. The Labute approximate surface area is 215 Å². The van der Waals surface area contributed by atoms with Gasteiger partial charge in [-0.15, -0.1) is 0 Å². The fourth-order valence-corrected chi connectivity index (χ4v) is 5.25. The highest BCUT2D eigenvalue weighted by molar-refractivity contribution is 7.90. The number of aromatic nitrogens is 3. The minimum absolute atomic E-state index is 0.0525. The van der Waals surface area contributed by atoms with Gasteiger partial charge in [-0.05, 0) is 60.4 Å². The lowest BCUT2D eigenvalue weighted by Gasteiger charge is -2.19. The number of hydrogen-bond acceptors (Lipinski definition) is 7. The van der Waals surface area contributed by atoms with Gasteiger partial charge in [0.15, 0.2) is 9.84 Å². The van der Waals surface area contributed by atoms with E-state index in [9.17, 15) is 18.3 Å². The van der Waals surface area contributed by atoms with Crippen LogP contribution < -0.4 is 10.1 Å². The molecule has 3 aromatic heterocycles. The molecule has 10 heteroatoms. The number of benzene rings is 1. The van der Waals surface area contributed by atoms with E-state index < -0.39 is 21.8 Å². The molecule has 1 aromatic carbocycles. The Balaban J connectivity index is 1.34. The molecule has 0 bridgehead atoms. The summed E-state index contributed by atoms with van der Waals surface area (Å²) >= 11 is 0. The normalized spacial score (nSPS) is 14.1. The van der Waals surface area contributed by atoms with Crippen LogP contribution in [0, 0.1) is 0 Å². The van der Waals surface area contributed by atoms with E-state index in [1.807, 2.05) is 28.8 Å². The van der Waals surface area contributed by atoms with Gasteiger partial charge < -0.3 is 19.7 Å². The molecule has 0 fully saturated rings. The Morgan fingerprint density at radius 1 is 1.19 bits per heavy atom. The summed E-state index contributed by atoms with van der Waals surface area (Å²) in [5.74, 6) is 0.680. The minimum atomic E-state index is -3.48. The molecule has 2 N–H and O–H groups in total. The Hall–Kier alpha value is -3.92. The van der Waals surface area contributed by atoms with Crippen molar-refractivity contribution in [2.45, 2.75) is 36.6 Å². The third kappa shape index (κ3) is 5.59. The van der Waals surface area contributed by atoms with E-state index in [0.717, 1.165) is 48.1 Å². The van der Waals surface area contributed by atoms with Crippen LogP contribution in [-0.4, -0.2) is 53.4 Å². The number of nitrogens with zero attached hydrogens (tertiary/aromatic N) is 3. The Morgan fingerprint density at radius 2 is 2.05 bits per heavy atom. The van der Waals surface area contributed by atoms with Crippen LogP contribution in [0.25, 0.3) is 10.9 Å². The molecule has 37 heavy (non-hydrogen) atoms. The van der Waals surface area contributed by atoms with Gasteiger partial charge in [0.1, 0.15) is 11.6 Å². The average molecular weight is 521 g/mol. The summed E-state index contributed by atoms with van der Waals surface area (Å²) in [6, 6.07) is 12.6. The van der Waals surface area contributed by atoms with Gasteiger partial charge in [0.25, 0.3) is 0 Å². The topological polar surface area (TPSA) is 123 Å². The molecule has 192 valence electrons. The SMILES string of the molecule is CS(=O)(=O)c1cncc(C(CC(=O)O)n2ccc3cc(OCCc4ccc5c(n4)NCCC5)ccc32)c1. The molecule has 0 radical (unpaired) electrons. The van der Waals surface area contributed by atoms with Crippen LogP contribution in [0.3, 0.4) is 0 Å². The highest BCUT2D eigenvalue weighted by Gasteiger charge is 2.21. The molecule has 1 aliphatic heterocycles. The van der Waals surface area contributed by atoms with Crippen LogP contribution in [0.4, 0.5) is 5.82 Å². The maximum Gasteiger partial charge on any atom is 0.305 e. The lowest BCUT2D eigenvalue weighted by Crippen LogP contribution is -2.15. The number of carbonyl (C=O) groups is 1. The largest absolute Gasteiger partial charge is 0.493 e. The van der Waals surface area contributed by atoms with Gasteiger partial charge in [0, 0.05) is 54.4 Å². The van der Waals surface area contributed by atoms with Gasteiger partial charge in [-0.2, -0.15) is 0 Å². The first-order valence-electron chi connectivity index (χ1n) is 12.1. The van der Waals surface area contributed by atoms with Crippen molar-refractivity contribution >= 4 is 32.5 Å². The van der Waals surface area contributed by atoms with Gasteiger partial charge in [-0.1, -0.05) is 6.07 Å². The number of carboxylic acids is 1. The van der Waals surface area contributed by atoms with Crippen molar-refractivity contribution in [3.05, 3.63) is 77.9 Å². The Morgan fingerprint density at radius 3 is 2.86 bits per heavy atom. The first kappa shape index (κ1) is 24.8. The van der Waals surface area contributed by atoms with Gasteiger partial charge in [-0.25, -0.2) is 13.4 Å². The van der Waals surface area contributed by atoms with Gasteiger partial charge in [0.2, 0.25) is 0 Å². The zero-order chi connectivity index (χ0) is 26.0. The lowest BCUT2D eigenvalue weighted by atomic mass is 10.1. The first-order valence-corrected chi connectivity index (χ1v) is 14.0. The number of nitrogens with one attached hydrogen (secondary N) is 1. The monoisotopic (exact) mass is 520 g/mol. The summed E-state index contributed by atoms with van der Waals surface area (Å²) in [5.41, 5.74) is 3.55. The predicted molar refractivity (Wildman–Crippen MR) is 140 cm³/mol. The smallest absolute Gasteiger partial charge is 0.305 e. The second-order valence-electron chi connectivity index (χ2n) is 9.22.